The van der Waals surface area contributed by atoms with E-state index in [1.54, 1.807) is 0 Å². The van der Waals surface area contributed by atoms with Crippen LogP contribution in [0.5, 0.6) is 0 Å². The molecule has 0 saturated carbocycles. The van der Waals surface area contributed by atoms with Crippen molar-refractivity contribution in [2.24, 2.45) is 0 Å². The van der Waals surface area contributed by atoms with Gasteiger partial charge in [0.05, 0.1) is 20.8 Å². The summed E-state index contributed by atoms with van der Waals surface area (Å²) in [6.45, 7) is 1.44. The highest BCUT2D eigenvalue weighted by atomic mass is 32.2. The molecule has 0 radical (unpaired) electrons. The summed E-state index contributed by atoms with van der Waals surface area (Å²) in [5, 5.41) is 0. The number of anilines is 1. The van der Waals surface area contributed by atoms with Gasteiger partial charge in [-0.1, -0.05) is 11.3 Å². The molecule has 0 aliphatic heterocycles. The highest BCUT2D eigenvalue weighted by Crippen LogP contribution is 2.31. The lowest BCUT2D eigenvalue weighted by atomic mass is 10.2. The Morgan fingerprint density at radius 1 is 1.17 bits per heavy atom. The van der Waals surface area contributed by atoms with Crippen LogP contribution in [0.25, 0.3) is 10.3 Å². The summed E-state index contributed by atoms with van der Waals surface area (Å²) in [5.74, 6) is -1.44. The minimum absolute atomic E-state index is 0.0112. The van der Waals surface area contributed by atoms with E-state index >= 15 is 0 Å². The number of halogens is 1. The number of nitrogens with zero attached hydrogens (tertiary/aromatic N) is 2. The minimum atomic E-state index is -4.43. The number of fused-ring (bicyclic) bond motifs is 1. The van der Waals surface area contributed by atoms with Crippen molar-refractivity contribution < 1.29 is 22.0 Å². The molecule has 152 valence electrons. The zero-order chi connectivity index (χ0) is 21.5. The summed E-state index contributed by atoms with van der Waals surface area (Å²) < 4.78 is 46.6. The molecule has 1 amide bonds. The standard InChI is InChI=1S/C20H13FN2O5S2/c1-12-9-14(21)4-7-18(12)30(26,27)23(19(24)13-3-2-8-22-11-13)15-5-6-16-17(10-15)29-20(25)28-16/h2-11H,1H3. The molecule has 0 spiro atoms. The molecular formula is C20H13FN2O5S2. The van der Waals surface area contributed by atoms with E-state index in [-0.39, 0.29) is 27.3 Å². The zero-order valence-corrected chi connectivity index (χ0v) is 17.0. The fourth-order valence-electron chi connectivity index (χ4n) is 2.96. The predicted octanol–water partition coefficient (Wildman–Crippen LogP) is 3.73. The molecule has 0 aliphatic carbocycles. The second-order valence-electron chi connectivity index (χ2n) is 6.31. The lowest BCUT2D eigenvalue weighted by Crippen LogP contribution is -2.37. The second-order valence-corrected chi connectivity index (χ2v) is 9.04. The molecule has 2 aromatic heterocycles. The third-order valence-corrected chi connectivity index (χ3v) is 6.96. The maximum Gasteiger partial charge on any atom is 0.396 e. The lowest BCUT2D eigenvalue weighted by molar-refractivity contribution is 0.100. The third kappa shape index (κ3) is 3.51. The molecule has 0 unspecified atom stereocenters. The lowest BCUT2D eigenvalue weighted by Gasteiger charge is -2.23. The van der Waals surface area contributed by atoms with E-state index in [4.69, 9.17) is 4.42 Å². The first-order valence-corrected chi connectivity index (χ1v) is 10.8. The number of hydrogen-bond acceptors (Lipinski definition) is 7. The van der Waals surface area contributed by atoms with E-state index in [0.29, 0.717) is 9.01 Å². The van der Waals surface area contributed by atoms with Gasteiger partial charge in [0.2, 0.25) is 0 Å². The smallest absolute Gasteiger partial charge is 0.396 e. The van der Waals surface area contributed by atoms with Crippen molar-refractivity contribution in [2.75, 3.05) is 4.31 Å². The number of carbonyl (C=O) groups is 1. The molecule has 2 aromatic carbocycles. The molecule has 30 heavy (non-hydrogen) atoms. The molecule has 4 aromatic rings. The number of pyridine rings is 1. The fourth-order valence-corrected chi connectivity index (χ4v) is 5.28. The first kappa shape index (κ1) is 19.9. The Kier molecular flexibility index (Phi) is 4.96. The number of amides is 1. The van der Waals surface area contributed by atoms with Crippen LogP contribution in [0.15, 0.2) is 75.0 Å². The van der Waals surface area contributed by atoms with Gasteiger partial charge in [-0.3, -0.25) is 9.78 Å². The van der Waals surface area contributed by atoms with E-state index in [2.05, 4.69) is 4.98 Å². The summed E-state index contributed by atoms with van der Waals surface area (Å²) in [7, 11) is -4.43. The Morgan fingerprint density at radius 2 is 1.97 bits per heavy atom. The number of aromatic nitrogens is 1. The molecule has 0 N–H and O–H groups in total. The van der Waals surface area contributed by atoms with Crippen molar-refractivity contribution >= 4 is 43.2 Å². The summed E-state index contributed by atoms with van der Waals surface area (Å²) >= 11 is 0.786. The fraction of sp³-hybridized carbons (Fsp3) is 0.0500. The van der Waals surface area contributed by atoms with E-state index in [1.807, 2.05) is 0 Å². The Balaban J connectivity index is 1.94. The highest BCUT2D eigenvalue weighted by Gasteiger charge is 2.33. The maximum atomic E-state index is 13.5. The maximum absolute atomic E-state index is 13.5. The van der Waals surface area contributed by atoms with Crippen LogP contribution in [0.2, 0.25) is 0 Å². The summed E-state index contributed by atoms with van der Waals surface area (Å²) in [4.78, 5) is 27.9. The molecule has 7 nitrogen and oxygen atoms in total. The first-order valence-electron chi connectivity index (χ1n) is 8.57. The van der Waals surface area contributed by atoms with Gasteiger partial charge in [-0.05, 0) is 61.0 Å². The van der Waals surface area contributed by atoms with Gasteiger partial charge in [-0.2, -0.15) is 4.31 Å². The van der Waals surface area contributed by atoms with Gasteiger partial charge >= 0.3 is 4.94 Å². The van der Waals surface area contributed by atoms with Crippen LogP contribution in [-0.2, 0) is 10.0 Å². The van der Waals surface area contributed by atoms with Gasteiger partial charge in [0.15, 0.2) is 0 Å². The summed E-state index contributed by atoms with van der Waals surface area (Å²) in [6, 6.07) is 10.3. The van der Waals surface area contributed by atoms with Crippen LogP contribution in [0.1, 0.15) is 15.9 Å². The summed E-state index contributed by atoms with van der Waals surface area (Å²) in [5.41, 5.74) is 0.476. The molecule has 2 heterocycles. The van der Waals surface area contributed by atoms with Crippen molar-refractivity contribution in [3.63, 3.8) is 0 Å². The molecule has 0 fully saturated rings. The molecule has 10 heteroatoms. The molecule has 0 atom stereocenters. The topological polar surface area (TPSA) is 97.6 Å². The highest BCUT2D eigenvalue weighted by molar-refractivity contribution is 7.93. The first-order chi connectivity index (χ1) is 14.3. The average molecular weight is 444 g/mol. The number of aryl methyl sites for hydroxylation is 1. The number of hydrogen-bond donors (Lipinski definition) is 0. The Morgan fingerprint density at radius 3 is 2.67 bits per heavy atom. The van der Waals surface area contributed by atoms with Crippen molar-refractivity contribution in [3.05, 3.63) is 87.6 Å². The average Bonchev–Trinajstić information content (AvgIpc) is 3.07. The van der Waals surface area contributed by atoms with Crippen molar-refractivity contribution in [3.8, 4) is 0 Å². The number of benzene rings is 2. The normalized spacial score (nSPS) is 11.5. The molecule has 4 rings (SSSR count). The van der Waals surface area contributed by atoms with Crippen LogP contribution in [0.4, 0.5) is 10.1 Å². The Bertz CT molecular complexity index is 1430. The third-order valence-electron chi connectivity index (χ3n) is 4.30. The van der Waals surface area contributed by atoms with E-state index in [9.17, 15) is 22.4 Å². The van der Waals surface area contributed by atoms with Gasteiger partial charge in [0.25, 0.3) is 15.9 Å². The van der Waals surface area contributed by atoms with Crippen molar-refractivity contribution in [1.82, 2.24) is 4.98 Å². The van der Waals surface area contributed by atoms with Gasteiger partial charge in [0.1, 0.15) is 11.4 Å². The predicted molar refractivity (Wildman–Crippen MR) is 110 cm³/mol. The molecule has 0 saturated heterocycles. The molecule has 0 aliphatic rings. The monoisotopic (exact) mass is 444 g/mol. The van der Waals surface area contributed by atoms with Crippen LogP contribution in [-0.4, -0.2) is 19.3 Å². The van der Waals surface area contributed by atoms with Gasteiger partial charge < -0.3 is 4.42 Å². The van der Waals surface area contributed by atoms with Crippen LogP contribution >= 0.6 is 11.3 Å². The Labute approximate surface area is 174 Å². The van der Waals surface area contributed by atoms with Crippen LogP contribution in [0.3, 0.4) is 0 Å². The van der Waals surface area contributed by atoms with Gasteiger partial charge in [0, 0.05) is 12.4 Å². The summed E-state index contributed by atoms with van der Waals surface area (Å²) in [6.07, 6.45) is 2.70. The number of carbonyl (C=O) groups excluding carboxylic acids is 1. The number of sulfonamides is 1. The van der Waals surface area contributed by atoms with E-state index in [0.717, 1.165) is 29.5 Å². The second kappa shape index (κ2) is 7.47. The largest absolute Gasteiger partial charge is 0.414 e. The van der Waals surface area contributed by atoms with Crippen LogP contribution < -0.4 is 9.24 Å². The van der Waals surface area contributed by atoms with E-state index in [1.165, 1.54) is 49.6 Å². The Hall–Kier alpha value is -3.37. The van der Waals surface area contributed by atoms with E-state index < -0.39 is 26.7 Å². The van der Waals surface area contributed by atoms with Crippen molar-refractivity contribution in [2.45, 2.75) is 11.8 Å². The zero-order valence-electron chi connectivity index (χ0n) is 15.4. The minimum Gasteiger partial charge on any atom is -0.414 e. The van der Waals surface area contributed by atoms with Gasteiger partial charge in [-0.25, -0.2) is 17.6 Å². The molecular weight excluding hydrogens is 431 g/mol. The van der Waals surface area contributed by atoms with Gasteiger partial charge in [-0.15, -0.1) is 0 Å². The number of rotatable bonds is 4. The van der Waals surface area contributed by atoms with Crippen LogP contribution in [0, 0.1) is 12.7 Å². The SMILES string of the molecule is Cc1cc(F)ccc1S(=O)(=O)N(C(=O)c1cccnc1)c1ccc2oc(=O)sc2c1. The quantitative estimate of drug-likeness (QED) is 0.476. The van der Waals surface area contributed by atoms with Crippen molar-refractivity contribution in [1.29, 1.82) is 0 Å². The molecule has 0 bridgehead atoms.